The monoisotopic (exact) mass is 267 g/mol. The third-order valence-electron chi connectivity index (χ3n) is 3.22. The fourth-order valence-corrected chi connectivity index (χ4v) is 2.54. The number of nitrogens with zero attached hydrogens (tertiary/aromatic N) is 3. The number of nitrogens with one attached hydrogen (secondary N) is 2. The van der Waals surface area contributed by atoms with Crippen molar-refractivity contribution in [2.24, 2.45) is 7.05 Å². The van der Waals surface area contributed by atoms with Crippen LogP contribution in [-0.4, -0.2) is 32.5 Å². The molecule has 2 N–H and O–H groups in total. The number of aryl methyl sites for hydroxylation is 1. The zero-order chi connectivity index (χ0) is 12.8. The van der Waals surface area contributed by atoms with Crippen LogP contribution in [0.1, 0.15) is 37.9 Å². The molecule has 1 saturated carbocycles. The minimum absolute atomic E-state index is 0.562. The molecule has 0 amide bonds. The topological polar surface area (TPSA) is 54.8 Å². The van der Waals surface area contributed by atoms with Gasteiger partial charge in [-0.2, -0.15) is 5.10 Å². The van der Waals surface area contributed by atoms with E-state index in [1.807, 2.05) is 7.05 Å². The Hall–Kier alpha value is -1.17. The first-order valence-corrected chi connectivity index (χ1v) is 7.04. The summed E-state index contributed by atoms with van der Waals surface area (Å²) in [4.78, 5) is 4.18. The third-order valence-corrected chi connectivity index (χ3v) is 3.48. The smallest absolute Gasteiger partial charge is 0.166 e. The second kappa shape index (κ2) is 6.68. The SMILES string of the molecule is Cn1cnc(CCNC(=S)NC2CCCCC2)n1. The molecule has 0 saturated heterocycles. The van der Waals surface area contributed by atoms with Crippen LogP contribution in [0.25, 0.3) is 0 Å². The first kappa shape index (κ1) is 13.3. The van der Waals surface area contributed by atoms with E-state index >= 15 is 0 Å². The first-order valence-electron chi connectivity index (χ1n) is 6.63. The fraction of sp³-hybridized carbons (Fsp3) is 0.750. The zero-order valence-electron chi connectivity index (χ0n) is 10.9. The predicted molar refractivity (Wildman–Crippen MR) is 75.3 cm³/mol. The van der Waals surface area contributed by atoms with Gasteiger partial charge in [-0.15, -0.1) is 0 Å². The molecule has 0 atom stereocenters. The minimum Gasteiger partial charge on any atom is -0.362 e. The van der Waals surface area contributed by atoms with Gasteiger partial charge in [0.2, 0.25) is 0 Å². The van der Waals surface area contributed by atoms with Gasteiger partial charge in [-0.05, 0) is 25.1 Å². The van der Waals surface area contributed by atoms with Gasteiger partial charge in [-0.1, -0.05) is 19.3 Å². The van der Waals surface area contributed by atoms with Gasteiger partial charge < -0.3 is 10.6 Å². The van der Waals surface area contributed by atoms with Crippen molar-refractivity contribution in [3.63, 3.8) is 0 Å². The molecular formula is C12H21N5S. The van der Waals surface area contributed by atoms with Crippen LogP contribution >= 0.6 is 12.2 Å². The van der Waals surface area contributed by atoms with Crippen molar-refractivity contribution >= 4 is 17.3 Å². The molecule has 0 aromatic carbocycles. The lowest BCUT2D eigenvalue weighted by atomic mass is 9.96. The number of rotatable bonds is 4. The van der Waals surface area contributed by atoms with Crippen LogP contribution in [0.15, 0.2) is 6.33 Å². The molecule has 0 radical (unpaired) electrons. The fourth-order valence-electron chi connectivity index (χ4n) is 2.27. The summed E-state index contributed by atoms with van der Waals surface area (Å²) in [6, 6.07) is 0.562. The summed E-state index contributed by atoms with van der Waals surface area (Å²) in [6.07, 6.45) is 8.99. The number of aromatic nitrogens is 3. The van der Waals surface area contributed by atoms with Gasteiger partial charge in [0.25, 0.3) is 0 Å². The molecule has 1 heterocycles. The average molecular weight is 267 g/mol. The van der Waals surface area contributed by atoms with Crippen LogP contribution < -0.4 is 10.6 Å². The molecule has 0 aliphatic heterocycles. The van der Waals surface area contributed by atoms with E-state index in [4.69, 9.17) is 12.2 Å². The highest BCUT2D eigenvalue weighted by Crippen LogP contribution is 2.17. The quantitative estimate of drug-likeness (QED) is 0.802. The summed E-state index contributed by atoms with van der Waals surface area (Å²) >= 11 is 5.29. The highest BCUT2D eigenvalue weighted by molar-refractivity contribution is 7.80. The van der Waals surface area contributed by atoms with E-state index in [-0.39, 0.29) is 0 Å². The van der Waals surface area contributed by atoms with Gasteiger partial charge in [-0.25, -0.2) is 4.98 Å². The van der Waals surface area contributed by atoms with Crippen LogP contribution in [0, 0.1) is 0 Å². The molecule has 0 unspecified atom stereocenters. The van der Waals surface area contributed by atoms with Gasteiger partial charge in [0.05, 0.1) is 0 Å². The van der Waals surface area contributed by atoms with Gasteiger partial charge in [0, 0.05) is 26.1 Å². The normalized spacial score (nSPS) is 16.5. The predicted octanol–water partition coefficient (Wildman–Crippen LogP) is 1.15. The minimum atomic E-state index is 0.562. The lowest BCUT2D eigenvalue weighted by Gasteiger charge is -2.24. The van der Waals surface area contributed by atoms with Gasteiger partial charge in [0.15, 0.2) is 10.9 Å². The molecule has 5 nitrogen and oxygen atoms in total. The Labute approximate surface area is 113 Å². The zero-order valence-corrected chi connectivity index (χ0v) is 11.7. The van der Waals surface area contributed by atoms with Gasteiger partial charge in [0.1, 0.15) is 6.33 Å². The molecule has 1 aromatic rings. The van der Waals surface area contributed by atoms with Crippen LogP contribution in [0.3, 0.4) is 0 Å². The summed E-state index contributed by atoms with van der Waals surface area (Å²) in [6.45, 7) is 0.780. The summed E-state index contributed by atoms with van der Waals surface area (Å²) in [5.74, 6) is 0.852. The largest absolute Gasteiger partial charge is 0.362 e. The van der Waals surface area contributed by atoms with E-state index in [1.165, 1.54) is 32.1 Å². The lowest BCUT2D eigenvalue weighted by Crippen LogP contribution is -2.43. The highest BCUT2D eigenvalue weighted by Gasteiger charge is 2.13. The Bertz CT molecular complexity index is 384. The van der Waals surface area contributed by atoms with Crippen LogP contribution in [0.2, 0.25) is 0 Å². The number of thiocarbonyl (C=S) groups is 1. The molecule has 1 fully saturated rings. The van der Waals surface area contributed by atoms with Crippen molar-refractivity contribution in [3.05, 3.63) is 12.2 Å². The van der Waals surface area contributed by atoms with E-state index in [2.05, 4.69) is 20.7 Å². The van der Waals surface area contributed by atoms with Crippen molar-refractivity contribution in [1.29, 1.82) is 0 Å². The molecule has 1 aromatic heterocycles. The Morgan fingerprint density at radius 2 is 2.22 bits per heavy atom. The van der Waals surface area contributed by atoms with Crippen molar-refractivity contribution in [1.82, 2.24) is 25.4 Å². The summed E-state index contributed by atoms with van der Waals surface area (Å²) in [5, 5.41) is 11.6. The number of hydrogen-bond donors (Lipinski definition) is 2. The average Bonchev–Trinajstić information content (AvgIpc) is 2.76. The summed E-state index contributed by atoms with van der Waals surface area (Å²) < 4.78 is 1.72. The Morgan fingerprint density at radius 3 is 2.89 bits per heavy atom. The molecule has 1 aliphatic carbocycles. The molecule has 100 valence electrons. The Morgan fingerprint density at radius 1 is 1.44 bits per heavy atom. The lowest BCUT2D eigenvalue weighted by molar-refractivity contribution is 0.412. The van der Waals surface area contributed by atoms with E-state index in [0.717, 1.165) is 23.9 Å². The van der Waals surface area contributed by atoms with E-state index in [0.29, 0.717) is 6.04 Å². The van der Waals surface area contributed by atoms with E-state index in [1.54, 1.807) is 11.0 Å². The van der Waals surface area contributed by atoms with Crippen LogP contribution in [-0.2, 0) is 13.5 Å². The van der Waals surface area contributed by atoms with Crippen molar-refractivity contribution in [3.8, 4) is 0 Å². The molecule has 1 aliphatic rings. The maximum Gasteiger partial charge on any atom is 0.166 e. The second-order valence-corrected chi connectivity index (χ2v) is 5.23. The van der Waals surface area contributed by atoms with Crippen LogP contribution in [0.5, 0.6) is 0 Å². The van der Waals surface area contributed by atoms with E-state index < -0.39 is 0 Å². The maximum absolute atomic E-state index is 5.29. The first-order chi connectivity index (χ1) is 8.74. The Kier molecular flexibility index (Phi) is 4.92. The van der Waals surface area contributed by atoms with Crippen molar-refractivity contribution < 1.29 is 0 Å². The van der Waals surface area contributed by atoms with Gasteiger partial charge in [-0.3, -0.25) is 4.68 Å². The summed E-state index contributed by atoms with van der Waals surface area (Å²) in [7, 11) is 1.87. The molecular weight excluding hydrogens is 246 g/mol. The molecule has 18 heavy (non-hydrogen) atoms. The van der Waals surface area contributed by atoms with Crippen molar-refractivity contribution in [2.45, 2.75) is 44.6 Å². The van der Waals surface area contributed by atoms with E-state index in [9.17, 15) is 0 Å². The molecule has 6 heteroatoms. The highest BCUT2D eigenvalue weighted by atomic mass is 32.1. The Balaban J connectivity index is 1.62. The molecule has 0 spiro atoms. The third kappa shape index (κ3) is 4.25. The standard InChI is InChI=1S/C12H21N5S/c1-17-9-14-11(16-17)7-8-13-12(18)15-10-5-3-2-4-6-10/h9-10H,2-8H2,1H3,(H2,13,15,18). The van der Waals surface area contributed by atoms with Crippen LogP contribution in [0.4, 0.5) is 0 Å². The van der Waals surface area contributed by atoms with Crippen molar-refractivity contribution in [2.75, 3.05) is 6.54 Å². The maximum atomic E-state index is 5.29. The van der Waals surface area contributed by atoms with Gasteiger partial charge >= 0.3 is 0 Å². The number of hydrogen-bond acceptors (Lipinski definition) is 3. The second-order valence-electron chi connectivity index (χ2n) is 4.82. The molecule has 2 rings (SSSR count). The molecule has 0 bridgehead atoms. The summed E-state index contributed by atoms with van der Waals surface area (Å²) in [5.41, 5.74) is 0.